The summed E-state index contributed by atoms with van der Waals surface area (Å²) in [5.74, 6) is -1.67. The Balaban J connectivity index is 0.000000204. The molecule has 0 saturated carbocycles. The van der Waals surface area contributed by atoms with E-state index in [2.05, 4.69) is 129 Å². The maximum atomic E-state index is 12.1. The number of carbonyl (C=O) groups is 4. The fraction of sp³-hybridized carbons (Fsp3) is 0.0811. The van der Waals surface area contributed by atoms with Crippen molar-refractivity contribution in [2.75, 3.05) is 35.7 Å². The summed E-state index contributed by atoms with van der Waals surface area (Å²) in [6.07, 6.45) is 17.1. The number of aromatic nitrogens is 9. The summed E-state index contributed by atoms with van der Waals surface area (Å²) in [7, 11) is -0.859. The number of hydrogen-bond donors (Lipinski definition) is 5. The van der Waals surface area contributed by atoms with Crippen LogP contribution in [0.15, 0.2) is 230 Å². The zero-order valence-electron chi connectivity index (χ0n) is 59.8. The van der Waals surface area contributed by atoms with Crippen LogP contribution in [0.1, 0.15) is 55.5 Å². The molecule has 0 aliphatic rings. The van der Waals surface area contributed by atoms with Gasteiger partial charge in [-0.1, -0.05) is 69.3 Å². The summed E-state index contributed by atoms with van der Waals surface area (Å²) < 4.78 is 50.7. The Kier molecular flexibility index (Phi) is 38.8. The zero-order valence-corrected chi connectivity index (χ0v) is 77.8. The average Bonchev–Trinajstić information content (AvgIpc) is 1.72. The minimum Gasteiger partial charge on any atom is -0.619 e. The van der Waals surface area contributed by atoms with Gasteiger partial charge >= 0.3 is 24.0 Å². The summed E-state index contributed by atoms with van der Waals surface area (Å²) in [5.41, 5.74) is 16.3. The van der Waals surface area contributed by atoms with Gasteiger partial charge < -0.3 is 36.0 Å². The number of carbonyl (C=O) groups excluding carboxylic acids is 3. The number of fused-ring (bicyclic) bond motifs is 6. The Labute approximate surface area is 761 Å². The third kappa shape index (κ3) is 28.3. The number of ether oxygens (including phenoxy) is 3. The van der Waals surface area contributed by atoms with E-state index in [1.165, 1.54) is 89.5 Å². The molecule has 591 valence electrons. The number of nitriles is 1. The van der Waals surface area contributed by atoms with E-state index in [4.69, 9.17) is 61.4 Å². The smallest absolute Gasteiger partial charge is 0.412 e. The number of nitrogens with two attached hydrogens (primary N) is 2. The van der Waals surface area contributed by atoms with Crippen LogP contribution >= 0.6 is 179 Å². The van der Waals surface area contributed by atoms with E-state index in [0.717, 1.165) is 58.7 Å². The molecule has 0 aliphatic heterocycles. The molecule has 15 heterocycles. The number of carboxylic acid groups (broad SMARTS) is 1. The van der Waals surface area contributed by atoms with E-state index >= 15 is 0 Å². The molecule has 15 aromatic heterocycles. The number of pyridine rings is 9. The molecule has 16 aromatic rings. The van der Waals surface area contributed by atoms with Crippen molar-refractivity contribution < 1.29 is 84.4 Å². The Morgan fingerprint density at radius 1 is 0.574 bits per heavy atom. The van der Waals surface area contributed by atoms with Crippen molar-refractivity contribution in [1.82, 2.24) is 39.9 Å². The van der Waals surface area contributed by atoms with Crippen molar-refractivity contribution in [2.24, 2.45) is 0 Å². The maximum Gasteiger partial charge on any atom is 0.412 e. The summed E-state index contributed by atoms with van der Waals surface area (Å²) >= 11 is 38.0. The molecule has 115 heavy (non-hydrogen) atoms. The number of rotatable bonds is 7. The van der Waals surface area contributed by atoms with Crippen molar-refractivity contribution in [3.05, 3.63) is 272 Å². The van der Waals surface area contributed by atoms with Crippen molar-refractivity contribution in [3.8, 4) is 6.07 Å². The number of anilines is 4. The van der Waals surface area contributed by atoms with Gasteiger partial charge in [0.25, 0.3) is 10.0 Å². The van der Waals surface area contributed by atoms with Crippen LogP contribution in [0.4, 0.5) is 25.5 Å². The minimum absolute atomic E-state index is 0. The van der Waals surface area contributed by atoms with Crippen LogP contribution in [-0.2, 0) is 56.9 Å². The van der Waals surface area contributed by atoms with Gasteiger partial charge in [-0.25, -0.2) is 43.9 Å². The molecule has 0 bridgehead atoms. The standard InChI is InChI=1S/C13H9N2O2S2.C12H13BrN2O2S.C9H6BrNO2S.C9H8N2O2S.C8H4BrNO2S.C7H5BrN2S.C6H3ClN2.C5H4ClNO.C5H4ClN.ClH.Y/c16-19(17,10-5-2-1-3-6-10)15-13-9-11-12(18-13)7-4-8-14-11;1-12(2,3)17-11(16)15-10-8(13)9-7(18-10)5-4-6-14-9;2*1-13-9(12)8-6(10)7-5(14-8)3-2-4-11-7;9-5-6-4(2-1-3-10-6)13-7(5)8(11)12;8-5-6-4(11-7(5)9)2-1-3-10-6;7-5-2-1-3-9-6(5)4-8;6-5-2-1-3-7(8)4-5;6-5-2-1-3-7-4-5;;/h1-8,15H;4-6H,1-3H3,(H,15,16);2-4H,1H3;2-4H,10H2,1H3;1-3H,(H,11,12);1-3H,9H2;1-3H;1-4H;1-4H;1H;/q-1;;;;;;;;;;. The SMILES string of the molecule is CC(C)(C)OC(=O)Nc1sc2cccnc2c1Br.COC(=O)c1sc2cccnc2c1Br.COC(=O)c1sc2cccnc2c1N.Cl.Clc1cccnc1.N#Cc1ncccc1Cl.Nc1sc2cccnc2c1Br.O=C(O)c1sc2cccnc2c1Br.O=S(=O)(Nc1[c-]c2ncccc2s1)c1ccccc1.[O-][n+]1cccc(Cl)c1.[Y]. The fourth-order valence-electron chi connectivity index (χ4n) is 8.52. The van der Waals surface area contributed by atoms with E-state index in [-0.39, 0.29) is 61.7 Å². The second-order valence-corrected chi connectivity index (χ2v) is 34.8. The molecule has 1 aromatic carbocycles. The molecule has 25 nitrogen and oxygen atoms in total. The first kappa shape index (κ1) is 95.7. The summed E-state index contributed by atoms with van der Waals surface area (Å²) in [4.78, 5) is 78.9. The van der Waals surface area contributed by atoms with Gasteiger partial charge in [0.2, 0.25) is 0 Å². The number of thiophene rings is 6. The number of nitrogens with one attached hydrogen (secondary N) is 2. The number of carboxylic acids is 1. The first-order chi connectivity index (χ1) is 54.0. The van der Waals surface area contributed by atoms with Gasteiger partial charge in [0, 0.05) is 94.5 Å². The molecule has 41 heteroatoms. The molecule has 0 unspecified atom stereocenters. The predicted molar refractivity (Wildman–Crippen MR) is 474 cm³/mol. The number of esters is 2. The van der Waals surface area contributed by atoms with Crippen molar-refractivity contribution in [2.45, 2.75) is 31.3 Å². The number of amides is 1. The van der Waals surface area contributed by atoms with Gasteiger partial charge in [-0.15, -0.1) is 75.2 Å². The van der Waals surface area contributed by atoms with Gasteiger partial charge in [0.1, 0.15) is 46.8 Å². The monoisotopic (exact) mass is 2090 g/mol. The second kappa shape index (κ2) is 46.7. The third-order valence-corrected chi connectivity index (χ3v) is 26.1. The predicted octanol–water partition coefficient (Wildman–Crippen LogP) is 21.9. The Morgan fingerprint density at radius 3 is 1.48 bits per heavy atom. The summed E-state index contributed by atoms with van der Waals surface area (Å²) in [6.45, 7) is 5.48. The van der Waals surface area contributed by atoms with Gasteiger partial charge in [-0.05, 0) is 193 Å². The van der Waals surface area contributed by atoms with E-state index < -0.39 is 33.7 Å². The zero-order chi connectivity index (χ0) is 81.9. The third-order valence-electron chi connectivity index (χ3n) is 13.3. The number of benzene rings is 1. The quantitative estimate of drug-likeness (QED) is 0.0325. The normalized spacial score (nSPS) is 10.3. The van der Waals surface area contributed by atoms with E-state index in [0.29, 0.717) is 75.6 Å². The number of halogens is 8. The molecule has 0 aliphatic carbocycles. The average molecular weight is 2090 g/mol. The van der Waals surface area contributed by atoms with Gasteiger partial charge in [-0.3, -0.25) is 44.9 Å². The molecular weight excluding hydrogens is 2040 g/mol. The Morgan fingerprint density at radius 2 is 1.03 bits per heavy atom. The van der Waals surface area contributed by atoms with Crippen LogP contribution in [0.5, 0.6) is 0 Å². The molecule has 1 radical (unpaired) electrons. The van der Waals surface area contributed by atoms with Gasteiger partial charge in [0.15, 0.2) is 18.1 Å². The topological polar surface area (TPSA) is 380 Å². The van der Waals surface area contributed by atoms with Crippen LogP contribution in [0.2, 0.25) is 15.1 Å². The number of aromatic carboxylic acids is 1. The molecule has 7 N–H and O–H groups in total. The fourth-order valence-corrected chi connectivity index (χ4v) is 18.9. The molecule has 0 spiro atoms. The van der Waals surface area contributed by atoms with Crippen LogP contribution in [0.3, 0.4) is 0 Å². The Bertz CT molecular complexity index is 5990. The van der Waals surface area contributed by atoms with Crippen molar-refractivity contribution >= 4 is 295 Å². The van der Waals surface area contributed by atoms with Crippen LogP contribution in [0.25, 0.3) is 61.3 Å². The number of methoxy groups -OCH3 is 2. The molecule has 0 atom stereocenters. The Hall–Kier alpha value is -8.17. The number of sulfonamides is 1. The van der Waals surface area contributed by atoms with Crippen molar-refractivity contribution in [3.63, 3.8) is 0 Å². The largest absolute Gasteiger partial charge is 0.619 e. The van der Waals surface area contributed by atoms with Gasteiger partial charge in [0.05, 0.1) is 98.3 Å². The van der Waals surface area contributed by atoms with E-state index in [1.807, 2.05) is 87.5 Å². The van der Waals surface area contributed by atoms with E-state index in [9.17, 15) is 32.8 Å². The van der Waals surface area contributed by atoms with Crippen LogP contribution in [0, 0.1) is 22.6 Å². The summed E-state index contributed by atoms with van der Waals surface area (Å²) in [5, 5.41) is 33.7. The number of hydrogen-bond acceptors (Lipinski definition) is 27. The number of nitrogens with zero attached hydrogens (tertiary/aromatic N) is 10. The molecule has 0 fully saturated rings. The van der Waals surface area contributed by atoms with Crippen molar-refractivity contribution in [1.29, 1.82) is 5.26 Å². The van der Waals surface area contributed by atoms with Crippen LogP contribution < -0.4 is 26.2 Å². The maximum absolute atomic E-state index is 12.1. The summed E-state index contributed by atoms with van der Waals surface area (Å²) in [6, 6.07) is 45.7. The first-order valence-corrected chi connectivity index (χ1v) is 42.4. The van der Waals surface area contributed by atoms with E-state index in [1.54, 1.807) is 140 Å². The van der Waals surface area contributed by atoms with Crippen LogP contribution in [-0.4, -0.2) is 97.2 Å². The van der Waals surface area contributed by atoms with Gasteiger partial charge in [-0.2, -0.15) is 16.1 Å². The first-order valence-electron chi connectivity index (χ1n) is 31.7. The minimum atomic E-state index is -3.56. The molecular formula is C74H57Br4Cl4N14O11S7Y-. The molecule has 0 saturated heterocycles. The molecule has 1 amide bonds. The molecule has 16 rings (SSSR count). The second-order valence-electron chi connectivity index (χ2n) is 22.4. The number of nitrogen functional groups attached to an aromatic ring is 2.